The van der Waals surface area contributed by atoms with E-state index in [9.17, 15) is 14.7 Å². The molecule has 2 aromatic rings. The predicted octanol–water partition coefficient (Wildman–Crippen LogP) is 0.131. The number of aliphatic hydroxyl groups is 1. The molecule has 3 heterocycles. The highest BCUT2D eigenvalue weighted by molar-refractivity contribution is 5.93. The summed E-state index contributed by atoms with van der Waals surface area (Å²) in [4.78, 5) is 34.4. The van der Waals surface area contributed by atoms with E-state index in [0.29, 0.717) is 6.54 Å². The van der Waals surface area contributed by atoms with Crippen molar-refractivity contribution in [2.45, 2.75) is 31.8 Å². The number of hydrogen-bond acceptors (Lipinski definition) is 7. The maximum absolute atomic E-state index is 12.9. The molecule has 0 spiro atoms. The molecule has 1 saturated heterocycles. The van der Waals surface area contributed by atoms with Gasteiger partial charge in [0.2, 0.25) is 0 Å². The SMILES string of the molecule is CC(C)(C)c1cc(C(=O)N2CCOC[C@](O)(CNC(=O)c3cnccn3)C2)n[nH]1. The van der Waals surface area contributed by atoms with Crippen molar-refractivity contribution in [2.24, 2.45) is 0 Å². The van der Waals surface area contributed by atoms with Crippen molar-refractivity contribution >= 4 is 11.8 Å². The molecule has 10 heteroatoms. The standard InChI is InChI=1S/C19H26N6O4/c1-18(2,3)15-8-13(23-24-15)17(27)25-6-7-29-12-19(28,11-25)10-22-16(26)14-9-20-4-5-21-14/h4-5,8-9,28H,6-7,10-12H2,1-3H3,(H,22,26)(H,23,24)/t19-/m0/s1. The van der Waals surface area contributed by atoms with Crippen molar-refractivity contribution in [3.05, 3.63) is 41.7 Å². The Morgan fingerprint density at radius 3 is 2.79 bits per heavy atom. The number of H-pyrrole nitrogens is 1. The van der Waals surface area contributed by atoms with Gasteiger partial charge in [0, 0.05) is 30.0 Å². The summed E-state index contributed by atoms with van der Waals surface area (Å²) in [7, 11) is 0. The third-order valence-corrected chi connectivity index (χ3v) is 4.63. The summed E-state index contributed by atoms with van der Waals surface area (Å²) in [6, 6.07) is 1.73. The Kier molecular flexibility index (Phi) is 5.94. The topological polar surface area (TPSA) is 133 Å². The number of nitrogens with zero attached hydrogens (tertiary/aromatic N) is 4. The summed E-state index contributed by atoms with van der Waals surface area (Å²) >= 11 is 0. The van der Waals surface area contributed by atoms with Crippen LogP contribution in [0.1, 0.15) is 47.4 Å². The number of rotatable bonds is 4. The maximum atomic E-state index is 12.9. The van der Waals surface area contributed by atoms with Gasteiger partial charge in [-0.3, -0.25) is 19.7 Å². The van der Waals surface area contributed by atoms with Crippen LogP contribution in [0, 0.1) is 0 Å². The van der Waals surface area contributed by atoms with Gasteiger partial charge in [-0.05, 0) is 6.07 Å². The minimum Gasteiger partial charge on any atom is -0.384 e. The van der Waals surface area contributed by atoms with E-state index in [2.05, 4.69) is 25.5 Å². The molecule has 29 heavy (non-hydrogen) atoms. The number of ether oxygens (including phenoxy) is 1. The summed E-state index contributed by atoms with van der Waals surface area (Å²) in [6.45, 7) is 6.56. The Hall–Kier alpha value is -2.85. The van der Waals surface area contributed by atoms with Crippen LogP contribution in [0.3, 0.4) is 0 Å². The van der Waals surface area contributed by atoms with Gasteiger partial charge in [0.05, 0.1) is 32.5 Å². The van der Waals surface area contributed by atoms with Gasteiger partial charge in [0.1, 0.15) is 17.0 Å². The van der Waals surface area contributed by atoms with Crippen LogP contribution in [-0.2, 0) is 10.2 Å². The third-order valence-electron chi connectivity index (χ3n) is 4.63. The van der Waals surface area contributed by atoms with Gasteiger partial charge in [-0.2, -0.15) is 5.10 Å². The second kappa shape index (κ2) is 8.26. The molecule has 0 aliphatic carbocycles. The zero-order valence-corrected chi connectivity index (χ0v) is 16.8. The van der Waals surface area contributed by atoms with Crippen molar-refractivity contribution < 1.29 is 19.4 Å². The van der Waals surface area contributed by atoms with Crippen molar-refractivity contribution in [1.82, 2.24) is 30.4 Å². The summed E-state index contributed by atoms with van der Waals surface area (Å²) in [5, 5.41) is 20.6. The summed E-state index contributed by atoms with van der Waals surface area (Å²) < 4.78 is 5.47. The molecule has 3 rings (SSSR count). The first-order chi connectivity index (χ1) is 13.7. The van der Waals surface area contributed by atoms with E-state index in [4.69, 9.17) is 4.74 Å². The highest BCUT2D eigenvalue weighted by Gasteiger charge is 2.36. The fourth-order valence-electron chi connectivity index (χ4n) is 2.93. The molecule has 0 unspecified atom stereocenters. The van der Waals surface area contributed by atoms with E-state index < -0.39 is 11.5 Å². The van der Waals surface area contributed by atoms with Gasteiger partial charge in [-0.15, -0.1) is 0 Å². The molecule has 1 atom stereocenters. The van der Waals surface area contributed by atoms with Crippen LogP contribution >= 0.6 is 0 Å². The van der Waals surface area contributed by atoms with E-state index >= 15 is 0 Å². The molecule has 3 N–H and O–H groups in total. The fourth-order valence-corrected chi connectivity index (χ4v) is 2.93. The fraction of sp³-hybridized carbons (Fsp3) is 0.526. The van der Waals surface area contributed by atoms with E-state index in [1.807, 2.05) is 20.8 Å². The molecular formula is C19H26N6O4. The molecular weight excluding hydrogens is 376 g/mol. The lowest BCUT2D eigenvalue weighted by molar-refractivity contribution is -0.0324. The van der Waals surface area contributed by atoms with Gasteiger partial charge < -0.3 is 20.1 Å². The lowest BCUT2D eigenvalue weighted by Crippen LogP contribution is -2.53. The van der Waals surface area contributed by atoms with Gasteiger partial charge in [0.15, 0.2) is 0 Å². The number of nitrogens with one attached hydrogen (secondary N) is 2. The molecule has 0 bridgehead atoms. The average molecular weight is 402 g/mol. The Labute approximate surface area is 168 Å². The second-order valence-electron chi connectivity index (χ2n) is 8.19. The molecule has 10 nitrogen and oxygen atoms in total. The number of β-amino-alcohol motifs (C(OH)–C–C–N with tert-alkyl or cyclic N) is 1. The quantitative estimate of drug-likeness (QED) is 0.662. The second-order valence-corrected chi connectivity index (χ2v) is 8.19. The van der Waals surface area contributed by atoms with Crippen LogP contribution in [-0.4, -0.2) is 80.4 Å². The smallest absolute Gasteiger partial charge is 0.274 e. The van der Waals surface area contributed by atoms with Crippen LogP contribution < -0.4 is 5.32 Å². The number of hydrogen-bond donors (Lipinski definition) is 3. The lowest BCUT2D eigenvalue weighted by Gasteiger charge is -2.30. The zero-order chi connectivity index (χ0) is 21.1. The van der Waals surface area contributed by atoms with Crippen molar-refractivity contribution in [3.63, 3.8) is 0 Å². The van der Waals surface area contributed by atoms with Crippen molar-refractivity contribution in [3.8, 4) is 0 Å². The van der Waals surface area contributed by atoms with Crippen LogP contribution in [0.25, 0.3) is 0 Å². The maximum Gasteiger partial charge on any atom is 0.274 e. The van der Waals surface area contributed by atoms with Gasteiger partial charge in [-0.25, -0.2) is 4.98 Å². The van der Waals surface area contributed by atoms with Crippen molar-refractivity contribution in [1.29, 1.82) is 0 Å². The van der Waals surface area contributed by atoms with E-state index in [-0.39, 0.29) is 49.0 Å². The van der Waals surface area contributed by atoms with E-state index in [1.165, 1.54) is 23.5 Å². The number of carbonyl (C=O) groups is 2. The van der Waals surface area contributed by atoms with Gasteiger partial charge >= 0.3 is 0 Å². The first-order valence-corrected chi connectivity index (χ1v) is 9.37. The minimum absolute atomic E-state index is 0.00426. The molecule has 0 aromatic carbocycles. The summed E-state index contributed by atoms with van der Waals surface area (Å²) in [5.74, 6) is -0.767. The summed E-state index contributed by atoms with van der Waals surface area (Å²) in [5.41, 5.74) is -0.336. The van der Waals surface area contributed by atoms with Crippen LogP contribution in [0.5, 0.6) is 0 Å². The first-order valence-electron chi connectivity index (χ1n) is 9.37. The molecule has 0 radical (unpaired) electrons. The van der Waals surface area contributed by atoms with E-state index in [1.54, 1.807) is 6.07 Å². The van der Waals surface area contributed by atoms with Crippen molar-refractivity contribution in [2.75, 3.05) is 32.8 Å². The Balaban J connectivity index is 1.67. The van der Waals surface area contributed by atoms with Gasteiger partial charge in [-0.1, -0.05) is 20.8 Å². The third kappa shape index (κ3) is 5.15. The molecule has 0 saturated carbocycles. The Morgan fingerprint density at radius 2 is 2.14 bits per heavy atom. The number of aromatic nitrogens is 4. The molecule has 2 aromatic heterocycles. The average Bonchev–Trinajstić information content (AvgIpc) is 3.11. The lowest BCUT2D eigenvalue weighted by atomic mass is 9.92. The molecule has 1 fully saturated rings. The highest BCUT2D eigenvalue weighted by atomic mass is 16.5. The molecule has 1 aliphatic rings. The molecule has 156 valence electrons. The number of amides is 2. The largest absolute Gasteiger partial charge is 0.384 e. The first kappa shape index (κ1) is 20.9. The minimum atomic E-state index is -1.44. The van der Waals surface area contributed by atoms with Crippen LogP contribution in [0.15, 0.2) is 24.7 Å². The molecule has 1 aliphatic heterocycles. The van der Waals surface area contributed by atoms with E-state index in [0.717, 1.165) is 5.69 Å². The Bertz CT molecular complexity index is 863. The molecule has 2 amide bonds. The Morgan fingerprint density at radius 1 is 1.34 bits per heavy atom. The normalized spacial score (nSPS) is 20.2. The number of aromatic amines is 1. The monoisotopic (exact) mass is 402 g/mol. The predicted molar refractivity (Wildman–Crippen MR) is 103 cm³/mol. The van der Waals surface area contributed by atoms with Gasteiger partial charge in [0.25, 0.3) is 11.8 Å². The van der Waals surface area contributed by atoms with Crippen LogP contribution in [0.2, 0.25) is 0 Å². The number of carbonyl (C=O) groups excluding carboxylic acids is 2. The van der Waals surface area contributed by atoms with Crippen LogP contribution in [0.4, 0.5) is 0 Å². The summed E-state index contributed by atoms with van der Waals surface area (Å²) in [6.07, 6.45) is 4.21. The zero-order valence-electron chi connectivity index (χ0n) is 16.8. The highest BCUT2D eigenvalue weighted by Crippen LogP contribution is 2.21.